The molecule has 0 rings (SSSR count). The van der Waals surface area contributed by atoms with Crippen molar-refractivity contribution in [3.8, 4) is 0 Å². The van der Waals surface area contributed by atoms with Crippen molar-refractivity contribution in [2.24, 2.45) is 5.92 Å². The van der Waals surface area contributed by atoms with Crippen LogP contribution in [0.15, 0.2) is 0 Å². The monoisotopic (exact) mass is 208 g/mol. The molecule has 0 unspecified atom stereocenters. The van der Waals surface area contributed by atoms with E-state index in [0.29, 0.717) is 6.42 Å². The molecule has 3 nitrogen and oxygen atoms in total. The molecule has 0 aliphatic rings. The maximum absolute atomic E-state index is 10.5. The van der Waals surface area contributed by atoms with Crippen LogP contribution in [0.25, 0.3) is 0 Å². The van der Waals surface area contributed by atoms with Gasteiger partial charge in [0.2, 0.25) is 0 Å². The van der Waals surface area contributed by atoms with E-state index < -0.39 is 7.60 Å². The third-order valence-corrected chi connectivity index (χ3v) is 2.88. The Labute approximate surface area is 80.7 Å². The predicted octanol–water partition coefficient (Wildman–Crippen LogP) is 2.77. The molecule has 0 aliphatic carbocycles. The molecule has 0 aromatic heterocycles. The SMILES string of the molecule is CC(C)CCCCCCP(=O)(O)O. The summed E-state index contributed by atoms with van der Waals surface area (Å²) >= 11 is 0. The standard InChI is InChI=1S/C9H21O3P/c1-9(2)7-5-3-4-6-8-13(10,11)12/h9H,3-8H2,1-2H3,(H2,10,11,12). The topological polar surface area (TPSA) is 57.5 Å². The molecular formula is C9H21O3P. The molecule has 0 aromatic carbocycles. The zero-order chi connectivity index (χ0) is 10.3. The van der Waals surface area contributed by atoms with Crippen molar-refractivity contribution in [3.63, 3.8) is 0 Å². The van der Waals surface area contributed by atoms with Crippen molar-refractivity contribution in [1.82, 2.24) is 0 Å². The van der Waals surface area contributed by atoms with E-state index in [4.69, 9.17) is 9.79 Å². The van der Waals surface area contributed by atoms with E-state index in [0.717, 1.165) is 18.8 Å². The van der Waals surface area contributed by atoms with Crippen molar-refractivity contribution in [2.45, 2.75) is 46.0 Å². The average molecular weight is 208 g/mol. The second kappa shape index (κ2) is 6.58. The minimum absolute atomic E-state index is 0.0503. The lowest BCUT2D eigenvalue weighted by Crippen LogP contribution is -1.90. The van der Waals surface area contributed by atoms with Crippen LogP contribution in [0.4, 0.5) is 0 Å². The summed E-state index contributed by atoms with van der Waals surface area (Å²) in [5.74, 6) is 0.738. The van der Waals surface area contributed by atoms with Crippen LogP contribution in [0.3, 0.4) is 0 Å². The Kier molecular flexibility index (Phi) is 6.66. The van der Waals surface area contributed by atoms with Gasteiger partial charge in [-0.05, 0) is 12.3 Å². The number of hydrogen-bond donors (Lipinski definition) is 2. The van der Waals surface area contributed by atoms with Crippen LogP contribution in [0.5, 0.6) is 0 Å². The Hall–Kier alpha value is 0.150. The van der Waals surface area contributed by atoms with Gasteiger partial charge >= 0.3 is 7.60 Å². The fourth-order valence-electron chi connectivity index (χ4n) is 1.22. The van der Waals surface area contributed by atoms with Gasteiger partial charge in [0.1, 0.15) is 0 Å². The molecule has 0 amide bonds. The van der Waals surface area contributed by atoms with Crippen LogP contribution in [0, 0.1) is 5.92 Å². The van der Waals surface area contributed by atoms with Crippen molar-refractivity contribution in [1.29, 1.82) is 0 Å². The summed E-state index contributed by atoms with van der Waals surface area (Å²) in [6.45, 7) is 4.38. The van der Waals surface area contributed by atoms with E-state index in [1.54, 1.807) is 0 Å². The Morgan fingerprint density at radius 1 is 1.08 bits per heavy atom. The lowest BCUT2D eigenvalue weighted by molar-refractivity contribution is 0.370. The average Bonchev–Trinajstić information content (AvgIpc) is 1.93. The van der Waals surface area contributed by atoms with Gasteiger partial charge in [-0.15, -0.1) is 0 Å². The highest BCUT2D eigenvalue weighted by Gasteiger charge is 2.10. The lowest BCUT2D eigenvalue weighted by atomic mass is 10.0. The number of unbranched alkanes of at least 4 members (excludes halogenated alkanes) is 3. The molecule has 0 saturated carbocycles. The Morgan fingerprint density at radius 2 is 1.62 bits per heavy atom. The number of rotatable bonds is 7. The van der Waals surface area contributed by atoms with E-state index in [1.807, 2.05) is 0 Å². The third kappa shape index (κ3) is 12.1. The minimum atomic E-state index is -3.73. The van der Waals surface area contributed by atoms with E-state index in [9.17, 15) is 4.57 Å². The van der Waals surface area contributed by atoms with Gasteiger partial charge in [0, 0.05) is 6.16 Å². The molecule has 0 bridgehead atoms. The van der Waals surface area contributed by atoms with Gasteiger partial charge in [-0.2, -0.15) is 0 Å². The van der Waals surface area contributed by atoms with Crippen LogP contribution < -0.4 is 0 Å². The molecule has 13 heavy (non-hydrogen) atoms. The van der Waals surface area contributed by atoms with Crippen molar-refractivity contribution in [2.75, 3.05) is 6.16 Å². The van der Waals surface area contributed by atoms with Crippen LogP contribution in [0.1, 0.15) is 46.0 Å². The maximum atomic E-state index is 10.5. The highest BCUT2D eigenvalue weighted by molar-refractivity contribution is 7.51. The molecule has 0 aliphatic heterocycles. The third-order valence-electron chi connectivity index (χ3n) is 1.98. The van der Waals surface area contributed by atoms with E-state index in [-0.39, 0.29) is 6.16 Å². The molecule has 0 aromatic rings. The van der Waals surface area contributed by atoms with Crippen molar-refractivity contribution in [3.05, 3.63) is 0 Å². The van der Waals surface area contributed by atoms with Gasteiger partial charge in [0.25, 0.3) is 0 Å². The van der Waals surface area contributed by atoms with Gasteiger partial charge in [0.05, 0.1) is 0 Å². The normalized spacial score (nSPS) is 12.4. The molecular weight excluding hydrogens is 187 g/mol. The summed E-state index contributed by atoms with van der Waals surface area (Å²) in [4.78, 5) is 17.1. The summed E-state index contributed by atoms with van der Waals surface area (Å²) < 4.78 is 10.5. The van der Waals surface area contributed by atoms with Gasteiger partial charge in [-0.1, -0.05) is 39.5 Å². The van der Waals surface area contributed by atoms with Crippen LogP contribution in [-0.4, -0.2) is 15.9 Å². The summed E-state index contributed by atoms with van der Waals surface area (Å²) in [6, 6.07) is 0. The molecule has 80 valence electrons. The first-order valence-corrected chi connectivity index (χ1v) is 6.76. The summed E-state index contributed by atoms with van der Waals surface area (Å²) in [5.41, 5.74) is 0. The minimum Gasteiger partial charge on any atom is -0.324 e. The smallest absolute Gasteiger partial charge is 0.324 e. The molecule has 0 saturated heterocycles. The lowest BCUT2D eigenvalue weighted by Gasteiger charge is -2.05. The first kappa shape index (κ1) is 13.2. The Morgan fingerprint density at radius 3 is 2.08 bits per heavy atom. The van der Waals surface area contributed by atoms with E-state index in [1.165, 1.54) is 12.8 Å². The van der Waals surface area contributed by atoms with Crippen LogP contribution in [-0.2, 0) is 4.57 Å². The van der Waals surface area contributed by atoms with Crippen molar-refractivity contribution < 1.29 is 14.4 Å². The summed E-state index contributed by atoms with van der Waals surface area (Å²) in [6.07, 6.45) is 5.14. The fourth-order valence-corrected chi connectivity index (χ4v) is 1.86. The van der Waals surface area contributed by atoms with Crippen LogP contribution >= 0.6 is 7.60 Å². The Balaban J connectivity index is 3.14. The molecule has 0 fully saturated rings. The van der Waals surface area contributed by atoms with Gasteiger partial charge in [-0.3, -0.25) is 4.57 Å². The number of hydrogen-bond acceptors (Lipinski definition) is 1. The quantitative estimate of drug-likeness (QED) is 0.499. The van der Waals surface area contributed by atoms with E-state index in [2.05, 4.69) is 13.8 Å². The first-order valence-electron chi connectivity index (χ1n) is 4.96. The van der Waals surface area contributed by atoms with E-state index >= 15 is 0 Å². The molecule has 2 N–H and O–H groups in total. The molecule has 0 heterocycles. The molecule has 0 radical (unpaired) electrons. The van der Waals surface area contributed by atoms with Gasteiger partial charge in [-0.25, -0.2) is 0 Å². The molecule has 0 spiro atoms. The zero-order valence-corrected chi connectivity index (χ0v) is 9.46. The highest BCUT2D eigenvalue weighted by Crippen LogP contribution is 2.35. The fraction of sp³-hybridized carbons (Fsp3) is 1.00. The Bertz CT molecular complexity index is 162. The molecule has 4 heteroatoms. The second-order valence-corrected chi connectivity index (χ2v) is 5.76. The largest absolute Gasteiger partial charge is 0.325 e. The van der Waals surface area contributed by atoms with Crippen molar-refractivity contribution >= 4 is 7.60 Å². The molecule has 0 atom stereocenters. The first-order chi connectivity index (χ1) is 5.92. The summed E-state index contributed by atoms with van der Waals surface area (Å²) in [5, 5.41) is 0. The van der Waals surface area contributed by atoms with Gasteiger partial charge < -0.3 is 9.79 Å². The second-order valence-electron chi connectivity index (χ2n) is 3.99. The highest BCUT2D eigenvalue weighted by atomic mass is 31.2. The van der Waals surface area contributed by atoms with Crippen LogP contribution in [0.2, 0.25) is 0 Å². The predicted molar refractivity (Wildman–Crippen MR) is 54.8 cm³/mol. The maximum Gasteiger partial charge on any atom is 0.325 e. The van der Waals surface area contributed by atoms with Gasteiger partial charge in [0.15, 0.2) is 0 Å². The zero-order valence-electron chi connectivity index (χ0n) is 8.57. The summed E-state index contributed by atoms with van der Waals surface area (Å²) in [7, 11) is -3.73.